The summed E-state index contributed by atoms with van der Waals surface area (Å²) in [7, 11) is 0. The van der Waals surface area contributed by atoms with E-state index in [1.807, 2.05) is 0 Å². The molecular formula is C27H39N3O2. The molecule has 5 heteroatoms. The summed E-state index contributed by atoms with van der Waals surface area (Å²) >= 11 is 0. The summed E-state index contributed by atoms with van der Waals surface area (Å²) in [4.78, 5) is 15.2. The van der Waals surface area contributed by atoms with Crippen LogP contribution in [0.15, 0.2) is 40.9 Å². The molecule has 3 heterocycles. The molecule has 1 amide bonds. The molecule has 2 fully saturated rings. The molecule has 2 aliphatic rings. The Hall–Kier alpha value is -2.14. The molecule has 5 nitrogen and oxygen atoms in total. The quantitative estimate of drug-likeness (QED) is 0.620. The van der Waals surface area contributed by atoms with Crippen LogP contribution in [-0.4, -0.2) is 42.1 Å². The van der Waals surface area contributed by atoms with Crippen molar-refractivity contribution in [1.29, 1.82) is 0 Å². The Morgan fingerprint density at radius 2 is 1.94 bits per heavy atom. The maximum absolute atomic E-state index is 13.1. The van der Waals surface area contributed by atoms with Gasteiger partial charge in [-0.2, -0.15) is 0 Å². The standard InChI is InChI=1S/C27H39N3O2/c1-2-3-9-26-19-25(29-32-26)17-24-20-28-13-10-23(24)18-27(31)30-14-11-22(12-15-30)16-21-7-5-4-6-8-21/h4-8,19,22-24,28H,2-3,9-18,20H2,1H3/t23-,24-/m0/s1. The molecule has 32 heavy (non-hydrogen) atoms. The summed E-state index contributed by atoms with van der Waals surface area (Å²) in [6.07, 6.45) is 9.30. The van der Waals surface area contributed by atoms with Crippen LogP contribution in [0.1, 0.15) is 62.5 Å². The third-order valence-electron chi connectivity index (χ3n) is 7.39. The van der Waals surface area contributed by atoms with E-state index in [1.54, 1.807) is 0 Å². The van der Waals surface area contributed by atoms with Crippen LogP contribution >= 0.6 is 0 Å². The van der Waals surface area contributed by atoms with Crippen molar-refractivity contribution in [1.82, 2.24) is 15.4 Å². The van der Waals surface area contributed by atoms with Gasteiger partial charge in [-0.25, -0.2) is 0 Å². The van der Waals surface area contributed by atoms with Gasteiger partial charge in [0.05, 0.1) is 5.69 Å². The Labute approximate surface area is 192 Å². The van der Waals surface area contributed by atoms with Crippen LogP contribution in [0.4, 0.5) is 0 Å². The van der Waals surface area contributed by atoms with Crippen molar-refractivity contribution in [2.75, 3.05) is 26.2 Å². The molecule has 4 rings (SSSR count). The molecule has 1 aromatic heterocycles. The molecule has 0 unspecified atom stereocenters. The third kappa shape index (κ3) is 6.44. The molecule has 1 aromatic carbocycles. The number of unbranched alkanes of at least 4 members (excludes halogenated alkanes) is 1. The van der Waals surface area contributed by atoms with Crippen molar-refractivity contribution >= 4 is 5.91 Å². The average molecular weight is 438 g/mol. The van der Waals surface area contributed by atoms with Crippen LogP contribution in [0.3, 0.4) is 0 Å². The highest BCUT2D eigenvalue weighted by Crippen LogP contribution is 2.29. The van der Waals surface area contributed by atoms with Crippen molar-refractivity contribution in [3.8, 4) is 0 Å². The minimum Gasteiger partial charge on any atom is -0.361 e. The Bertz CT molecular complexity index is 826. The second-order valence-corrected chi connectivity index (χ2v) is 9.82. The Balaban J connectivity index is 1.25. The first kappa shape index (κ1) is 23.0. The van der Waals surface area contributed by atoms with E-state index in [0.29, 0.717) is 30.1 Å². The number of amides is 1. The molecule has 0 spiro atoms. The number of nitrogens with zero attached hydrogens (tertiary/aromatic N) is 2. The van der Waals surface area contributed by atoms with Gasteiger partial charge in [0.25, 0.3) is 0 Å². The molecule has 0 saturated carbocycles. The van der Waals surface area contributed by atoms with Crippen LogP contribution < -0.4 is 5.32 Å². The maximum Gasteiger partial charge on any atom is 0.222 e. The fourth-order valence-electron chi connectivity index (χ4n) is 5.36. The van der Waals surface area contributed by atoms with E-state index in [0.717, 1.165) is 89.0 Å². The van der Waals surface area contributed by atoms with E-state index >= 15 is 0 Å². The van der Waals surface area contributed by atoms with Gasteiger partial charge in [-0.15, -0.1) is 0 Å². The number of carbonyl (C=O) groups is 1. The second kappa shape index (κ2) is 11.6. The summed E-state index contributed by atoms with van der Waals surface area (Å²) in [5, 5.41) is 7.84. The number of aromatic nitrogens is 1. The lowest BCUT2D eigenvalue weighted by Crippen LogP contribution is -2.43. The molecular weight excluding hydrogens is 398 g/mol. The molecule has 0 radical (unpaired) electrons. The number of carbonyl (C=O) groups excluding carboxylic acids is 1. The van der Waals surface area contributed by atoms with Gasteiger partial charge >= 0.3 is 0 Å². The highest BCUT2D eigenvalue weighted by Gasteiger charge is 2.31. The Kier molecular flexibility index (Phi) is 8.38. The number of piperidine rings is 2. The largest absolute Gasteiger partial charge is 0.361 e. The molecule has 0 bridgehead atoms. The Morgan fingerprint density at radius 3 is 2.72 bits per heavy atom. The number of hydrogen-bond acceptors (Lipinski definition) is 4. The van der Waals surface area contributed by atoms with Crippen molar-refractivity contribution in [2.24, 2.45) is 17.8 Å². The summed E-state index contributed by atoms with van der Waals surface area (Å²) in [6, 6.07) is 12.9. The van der Waals surface area contributed by atoms with Crippen LogP contribution in [-0.2, 0) is 24.1 Å². The maximum atomic E-state index is 13.1. The van der Waals surface area contributed by atoms with E-state index in [9.17, 15) is 4.79 Å². The topological polar surface area (TPSA) is 58.4 Å². The van der Waals surface area contributed by atoms with Gasteiger partial charge in [0, 0.05) is 32.0 Å². The molecule has 2 saturated heterocycles. The minimum atomic E-state index is 0.351. The van der Waals surface area contributed by atoms with Crippen LogP contribution in [0.2, 0.25) is 0 Å². The summed E-state index contributed by atoms with van der Waals surface area (Å²) in [5.74, 6) is 2.93. The lowest BCUT2D eigenvalue weighted by molar-refractivity contribution is -0.134. The first-order valence-corrected chi connectivity index (χ1v) is 12.7. The zero-order valence-electron chi connectivity index (χ0n) is 19.6. The first-order valence-electron chi connectivity index (χ1n) is 12.7. The molecule has 0 aliphatic carbocycles. The second-order valence-electron chi connectivity index (χ2n) is 9.82. The lowest BCUT2D eigenvalue weighted by atomic mass is 9.80. The van der Waals surface area contributed by atoms with Gasteiger partial charge in [-0.05, 0) is 74.9 Å². The van der Waals surface area contributed by atoms with Gasteiger partial charge < -0.3 is 14.7 Å². The number of likely N-dealkylation sites (tertiary alicyclic amines) is 1. The fraction of sp³-hybridized carbons (Fsp3) is 0.630. The van der Waals surface area contributed by atoms with E-state index in [-0.39, 0.29) is 0 Å². The van der Waals surface area contributed by atoms with Gasteiger partial charge in [-0.1, -0.05) is 48.8 Å². The van der Waals surface area contributed by atoms with E-state index in [4.69, 9.17) is 4.52 Å². The SMILES string of the molecule is CCCCc1cc(C[C@H]2CNCC[C@H]2CC(=O)N2CCC(Cc3ccccc3)CC2)no1. The van der Waals surface area contributed by atoms with Crippen molar-refractivity contribution in [2.45, 2.75) is 64.7 Å². The predicted octanol–water partition coefficient (Wildman–Crippen LogP) is 4.66. The zero-order chi connectivity index (χ0) is 22.2. The molecule has 2 atom stereocenters. The number of nitrogens with one attached hydrogen (secondary N) is 1. The molecule has 174 valence electrons. The third-order valence-corrected chi connectivity index (χ3v) is 7.39. The van der Waals surface area contributed by atoms with Crippen molar-refractivity contribution in [3.63, 3.8) is 0 Å². The molecule has 1 N–H and O–H groups in total. The van der Waals surface area contributed by atoms with Gasteiger partial charge in [-0.3, -0.25) is 4.79 Å². The zero-order valence-corrected chi connectivity index (χ0v) is 19.6. The minimum absolute atomic E-state index is 0.351. The fourth-order valence-corrected chi connectivity index (χ4v) is 5.36. The average Bonchev–Trinajstić information content (AvgIpc) is 3.27. The Morgan fingerprint density at radius 1 is 1.12 bits per heavy atom. The van der Waals surface area contributed by atoms with Gasteiger partial charge in [0.15, 0.2) is 0 Å². The smallest absolute Gasteiger partial charge is 0.222 e. The van der Waals surface area contributed by atoms with E-state index in [2.05, 4.69) is 58.7 Å². The van der Waals surface area contributed by atoms with Crippen molar-refractivity contribution in [3.05, 3.63) is 53.4 Å². The highest BCUT2D eigenvalue weighted by molar-refractivity contribution is 5.76. The number of aryl methyl sites for hydroxylation is 1. The van der Waals surface area contributed by atoms with Crippen LogP contribution in [0, 0.1) is 17.8 Å². The van der Waals surface area contributed by atoms with Crippen LogP contribution in [0.25, 0.3) is 0 Å². The molecule has 2 aromatic rings. The van der Waals surface area contributed by atoms with Gasteiger partial charge in [0.2, 0.25) is 5.91 Å². The van der Waals surface area contributed by atoms with E-state index in [1.165, 1.54) is 5.56 Å². The first-order chi connectivity index (χ1) is 15.7. The lowest BCUT2D eigenvalue weighted by Gasteiger charge is -2.36. The van der Waals surface area contributed by atoms with Crippen LogP contribution in [0.5, 0.6) is 0 Å². The van der Waals surface area contributed by atoms with E-state index < -0.39 is 0 Å². The number of hydrogen-bond donors (Lipinski definition) is 1. The monoisotopic (exact) mass is 437 g/mol. The normalized spacial score (nSPS) is 22.2. The van der Waals surface area contributed by atoms with Crippen molar-refractivity contribution < 1.29 is 9.32 Å². The number of benzene rings is 1. The number of rotatable bonds is 9. The predicted molar refractivity (Wildman–Crippen MR) is 127 cm³/mol. The summed E-state index contributed by atoms with van der Waals surface area (Å²) in [5.41, 5.74) is 2.46. The summed E-state index contributed by atoms with van der Waals surface area (Å²) in [6.45, 7) is 5.99. The van der Waals surface area contributed by atoms with Gasteiger partial charge in [0.1, 0.15) is 5.76 Å². The summed E-state index contributed by atoms with van der Waals surface area (Å²) < 4.78 is 5.53. The molecule has 2 aliphatic heterocycles. The highest BCUT2D eigenvalue weighted by atomic mass is 16.5.